The SMILES string of the molecule is Nc1ncc(-c2ccncc2)c2nc(N[C@H]3CC[C@H](O)CC3)ncc12. The van der Waals surface area contributed by atoms with Gasteiger partial charge in [-0.25, -0.2) is 15.0 Å². The van der Waals surface area contributed by atoms with Crippen molar-refractivity contribution < 1.29 is 5.11 Å². The van der Waals surface area contributed by atoms with E-state index >= 15 is 0 Å². The lowest BCUT2D eigenvalue weighted by Gasteiger charge is -2.26. The highest BCUT2D eigenvalue weighted by Gasteiger charge is 2.20. The Balaban J connectivity index is 1.71. The standard InChI is InChI=1S/C18H20N6O/c19-17-15-10-22-18(23-12-1-3-13(25)4-2-12)24-16(15)14(9-21-17)11-5-7-20-8-6-11/h5-10,12-13,25H,1-4H2,(H2,19,21)(H,22,23,24)/t12-,13-. The first-order valence-corrected chi connectivity index (χ1v) is 8.47. The molecule has 0 spiro atoms. The Morgan fingerprint density at radius 2 is 1.80 bits per heavy atom. The van der Waals surface area contributed by atoms with Crippen LogP contribution in [-0.4, -0.2) is 37.2 Å². The van der Waals surface area contributed by atoms with Gasteiger partial charge in [-0.2, -0.15) is 0 Å². The van der Waals surface area contributed by atoms with Crippen LogP contribution in [0.5, 0.6) is 0 Å². The molecule has 0 unspecified atom stereocenters. The largest absolute Gasteiger partial charge is 0.393 e. The Morgan fingerprint density at radius 3 is 2.56 bits per heavy atom. The fraction of sp³-hybridized carbons (Fsp3) is 0.333. The van der Waals surface area contributed by atoms with Gasteiger partial charge in [-0.1, -0.05) is 0 Å². The number of aliphatic hydroxyl groups is 1. The van der Waals surface area contributed by atoms with Crippen LogP contribution >= 0.6 is 0 Å². The molecule has 3 heterocycles. The first kappa shape index (κ1) is 15.7. The summed E-state index contributed by atoms with van der Waals surface area (Å²) in [5.41, 5.74) is 8.65. The summed E-state index contributed by atoms with van der Waals surface area (Å²) in [4.78, 5) is 17.4. The van der Waals surface area contributed by atoms with Crippen molar-refractivity contribution >= 4 is 22.7 Å². The number of rotatable bonds is 3. The Kier molecular flexibility index (Phi) is 4.15. The molecule has 0 aromatic carbocycles. The molecule has 1 aliphatic carbocycles. The number of aliphatic hydroxyl groups excluding tert-OH is 1. The van der Waals surface area contributed by atoms with Crippen molar-refractivity contribution in [2.24, 2.45) is 0 Å². The molecular weight excluding hydrogens is 316 g/mol. The summed E-state index contributed by atoms with van der Waals surface area (Å²) in [6.07, 6.45) is 10.2. The van der Waals surface area contributed by atoms with Gasteiger partial charge in [-0.3, -0.25) is 4.98 Å². The zero-order chi connectivity index (χ0) is 17.2. The average molecular weight is 336 g/mol. The molecule has 3 aromatic heterocycles. The van der Waals surface area contributed by atoms with Crippen molar-refractivity contribution in [3.05, 3.63) is 36.9 Å². The number of aromatic nitrogens is 4. The van der Waals surface area contributed by atoms with E-state index in [0.29, 0.717) is 11.8 Å². The molecule has 4 N–H and O–H groups in total. The summed E-state index contributed by atoms with van der Waals surface area (Å²) >= 11 is 0. The molecular formula is C18H20N6O. The number of nitrogens with zero attached hydrogens (tertiary/aromatic N) is 4. The zero-order valence-corrected chi connectivity index (χ0v) is 13.8. The number of pyridine rings is 2. The van der Waals surface area contributed by atoms with Gasteiger partial charge >= 0.3 is 0 Å². The van der Waals surface area contributed by atoms with E-state index in [1.165, 1.54) is 0 Å². The van der Waals surface area contributed by atoms with Gasteiger partial charge in [0, 0.05) is 36.4 Å². The van der Waals surface area contributed by atoms with E-state index in [1.807, 2.05) is 12.1 Å². The smallest absolute Gasteiger partial charge is 0.223 e. The average Bonchev–Trinajstić information content (AvgIpc) is 2.65. The van der Waals surface area contributed by atoms with Crippen LogP contribution < -0.4 is 11.1 Å². The summed E-state index contributed by atoms with van der Waals surface area (Å²) in [6.45, 7) is 0. The van der Waals surface area contributed by atoms with E-state index in [9.17, 15) is 5.11 Å². The number of nitrogens with two attached hydrogens (primary N) is 1. The highest BCUT2D eigenvalue weighted by Crippen LogP contribution is 2.29. The van der Waals surface area contributed by atoms with E-state index in [-0.39, 0.29) is 12.1 Å². The van der Waals surface area contributed by atoms with Crippen LogP contribution in [0.4, 0.5) is 11.8 Å². The summed E-state index contributed by atoms with van der Waals surface area (Å²) in [6, 6.07) is 4.12. The maximum absolute atomic E-state index is 9.64. The van der Waals surface area contributed by atoms with Gasteiger partial charge in [0.2, 0.25) is 5.95 Å². The Bertz CT molecular complexity index is 877. The van der Waals surface area contributed by atoms with Gasteiger partial charge in [-0.15, -0.1) is 0 Å². The zero-order valence-electron chi connectivity index (χ0n) is 13.8. The van der Waals surface area contributed by atoms with Crippen LogP contribution in [0.1, 0.15) is 25.7 Å². The lowest BCUT2D eigenvalue weighted by atomic mass is 9.93. The molecule has 7 nitrogen and oxygen atoms in total. The maximum atomic E-state index is 9.64. The second kappa shape index (κ2) is 6.60. The van der Waals surface area contributed by atoms with Crippen LogP contribution in [0.25, 0.3) is 22.0 Å². The first-order valence-electron chi connectivity index (χ1n) is 8.47. The lowest BCUT2D eigenvalue weighted by molar-refractivity contribution is 0.126. The third-order valence-corrected chi connectivity index (χ3v) is 4.67. The van der Waals surface area contributed by atoms with Crippen LogP contribution in [0.2, 0.25) is 0 Å². The van der Waals surface area contributed by atoms with Crippen LogP contribution in [-0.2, 0) is 0 Å². The lowest BCUT2D eigenvalue weighted by Crippen LogP contribution is -2.28. The van der Waals surface area contributed by atoms with Crippen molar-refractivity contribution in [1.29, 1.82) is 0 Å². The van der Waals surface area contributed by atoms with Gasteiger partial charge in [0.05, 0.1) is 17.0 Å². The normalized spacial score (nSPS) is 20.5. The van der Waals surface area contributed by atoms with E-state index in [4.69, 9.17) is 10.7 Å². The predicted octanol–water partition coefficient (Wildman–Crippen LogP) is 2.38. The third kappa shape index (κ3) is 3.23. The molecule has 3 aromatic rings. The summed E-state index contributed by atoms with van der Waals surface area (Å²) < 4.78 is 0. The second-order valence-corrected chi connectivity index (χ2v) is 6.40. The third-order valence-electron chi connectivity index (χ3n) is 4.67. The van der Waals surface area contributed by atoms with Crippen molar-refractivity contribution in [1.82, 2.24) is 19.9 Å². The summed E-state index contributed by atoms with van der Waals surface area (Å²) in [5, 5.41) is 13.8. The molecule has 0 aliphatic heterocycles. The number of nitrogens with one attached hydrogen (secondary N) is 1. The van der Waals surface area contributed by atoms with Crippen molar-refractivity contribution in [3.63, 3.8) is 0 Å². The van der Waals surface area contributed by atoms with Gasteiger partial charge in [0.1, 0.15) is 5.82 Å². The number of hydrogen-bond acceptors (Lipinski definition) is 7. The molecule has 0 saturated heterocycles. The fourth-order valence-electron chi connectivity index (χ4n) is 3.25. The molecule has 1 fully saturated rings. The number of hydrogen-bond donors (Lipinski definition) is 3. The minimum Gasteiger partial charge on any atom is -0.393 e. The molecule has 1 saturated carbocycles. The Morgan fingerprint density at radius 1 is 1.04 bits per heavy atom. The van der Waals surface area contributed by atoms with E-state index in [0.717, 1.165) is 47.7 Å². The minimum atomic E-state index is -0.181. The fourth-order valence-corrected chi connectivity index (χ4v) is 3.25. The van der Waals surface area contributed by atoms with Crippen LogP contribution in [0, 0.1) is 0 Å². The molecule has 25 heavy (non-hydrogen) atoms. The first-order chi connectivity index (χ1) is 12.2. The number of fused-ring (bicyclic) bond motifs is 1. The highest BCUT2D eigenvalue weighted by molar-refractivity contribution is 5.98. The molecule has 4 rings (SSSR count). The van der Waals surface area contributed by atoms with Crippen molar-refractivity contribution in [2.45, 2.75) is 37.8 Å². The van der Waals surface area contributed by atoms with E-state index < -0.39 is 0 Å². The molecule has 1 aliphatic rings. The van der Waals surface area contributed by atoms with E-state index in [2.05, 4.69) is 20.3 Å². The minimum absolute atomic E-state index is 0.181. The molecule has 0 bridgehead atoms. The Labute approximate surface area is 145 Å². The van der Waals surface area contributed by atoms with Crippen molar-refractivity contribution in [2.75, 3.05) is 11.1 Å². The van der Waals surface area contributed by atoms with Crippen molar-refractivity contribution in [3.8, 4) is 11.1 Å². The van der Waals surface area contributed by atoms with Gasteiger partial charge in [-0.05, 0) is 43.4 Å². The topological polar surface area (TPSA) is 110 Å². The molecule has 0 amide bonds. The summed E-state index contributed by atoms with van der Waals surface area (Å²) in [5.74, 6) is 0.995. The van der Waals surface area contributed by atoms with Gasteiger partial charge in [0.15, 0.2) is 0 Å². The molecule has 128 valence electrons. The molecule has 7 heteroatoms. The van der Waals surface area contributed by atoms with Crippen LogP contribution in [0.3, 0.4) is 0 Å². The van der Waals surface area contributed by atoms with Gasteiger partial charge in [0.25, 0.3) is 0 Å². The summed E-state index contributed by atoms with van der Waals surface area (Å²) in [7, 11) is 0. The second-order valence-electron chi connectivity index (χ2n) is 6.40. The Hall–Kier alpha value is -2.80. The van der Waals surface area contributed by atoms with E-state index in [1.54, 1.807) is 24.8 Å². The monoisotopic (exact) mass is 336 g/mol. The highest BCUT2D eigenvalue weighted by atomic mass is 16.3. The predicted molar refractivity (Wildman–Crippen MR) is 96.9 cm³/mol. The molecule has 0 atom stereocenters. The maximum Gasteiger partial charge on any atom is 0.223 e. The quantitative estimate of drug-likeness (QED) is 0.673. The molecule has 0 radical (unpaired) electrons. The van der Waals surface area contributed by atoms with Gasteiger partial charge < -0.3 is 16.2 Å². The van der Waals surface area contributed by atoms with Crippen LogP contribution in [0.15, 0.2) is 36.9 Å². The number of anilines is 2. The number of nitrogen functional groups attached to an aromatic ring is 1.